The van der Waals surface area contributed by atoms with Crippen molar-refractivity contribution in [1.82, 2.24) is 30.1 Å². The van der Waals surface area contributed by atoms with Gasteiger partial charge >= 0.3 is 6.03 Å². The standard InChI is InChI=1S/C19H19N7O3/c1-3-28-15-9-5-4-8-14(15)22-19(27)20-11-16-23-24-17-13(7-6-10-26(16)17)18-21-12(2)25-29-18/h4-10H,3,11H2,1-2H3,(H2,20,22,27). The van der Waals surface area contributed by atoms with Gasteiger partial charge in [0.05, 0.1) is 24.4 Å². The maximum atomic E-state index is 12.3. The summed E-state index contributed by atoms with van der Waals surface area (Å²) in [5.41, 5.74) is 1.82. The molecule has 148 valence electrons. The van der Waals surface area contributed by atoms with Crippen LogP contribution in [0.4, 0.5) is 10.5 Å². The average molecular weight is 393 g/mol. The van der Waals surface area contributed by atoms with Crippen LogP contribution in [0.25, 0.3) is 17.1 Å². The van der Waals surface area contributed by atoms with Gasteiger partial charge in [-0.15, -0.1) is 10.2 Å². The molecule has 2 N–H and O–H groups in total. The van der Waals surface area contributed by atoms with E-state index < -0.39 is 0 Å². The minimum absolute atomic E-state index is 0.177. The lowest BCUT2D eigenvalue weighted by molar-refractivity contribution is 0.251. The van der Waals surface area contributed by atoms with Crippen molar-refractivity contribution in [1.29, 1.82) is 0 Å². The third-order valence-electron chi connectivity index (χ3n) is 4.11. The summed E-state index contributed by atoms with van der Waals surface area (Å²) in [5, 5.41) is 17.7. The second kappa shape index (κ2) is 7.97. The van der Waals surface area contributed by atoms with Crippen LogP contribution in [0.3, 0.4) is 0 Å². The summed E-state index contributed by atoms with van der Waals surface area (Å²) in [4.78, 5) is 16.6. The molecule has 0 bridgehead atoms. The maximum Gasteiger partial charge on any atom is 0.319 e. The summed E-state index contributed by atoms with van der Waals surface area (Å²) >= 11 is 0. The van der Waals surface area contributed by atoms with Gasteiger partial charge < -0.3 is 19.9 Å². The number of aryl methyl sites for hydroxylation is 1. The Balaban J connectivity index is 1.49. The predicted octanol–water partition coefficient (Wildman–Crippen LogP) is 2.81. The molecule has 0 unspecified atom stereocenters. The van der Waals surface area contributed by atoms with E-state index >= 15 is 0 Å². The van der Waals surface area contributed by atoms with Crippen molar-refractivity contribution in [2.75, 3.05) is 11.9 Å². The molecule has 0 saturated carbocycles. The van der Waals surface area contributed by atoms with Crippen LogP contribution in [0.5, 0.6) is 5.75 Å². The molecule has 0 saturated heterocycles. The number of amides is 2. The third-order valence-corrected chi connectivity index (χ3v) is 4.11. The summed E-state index contributed by atoms with van der Waals surface area (Å²) in [7, 11) is 0. The van der Waals surface area contributed by atoms with Crippen molar-refractivity contribution in [3.05, 3.63) is 54.2 Å². The summed E-state index contributed by atoms with van der Waals surface area (Å²) in [6.07, 6.45) is 1.81. The van der Waals surface area contributed by atoms with E-state index in [-0.39, 0.29) is 12.6 Å². The zero-order valence-corrected chi connectivity index (χ0v) is 15.9. The molecule has 29 heavy (non-hydrogen) atoms. The van der Waals surface area contributed by atoms with Gasteiger partial charge in [0.2, 0.25) is 0 Å². The number of hydrogen-bond donors (Lipinski definition) is 2. The topological polar surface area (TPSA) is 119 Å². The molecule has 3 heterocycles. The molecule has 0 radical (unpaired) electrons. The molecule has 10 nitrogen and oxygen atoms in total. The highest BCUT2D eigenvalue weighted by Gasteiger charge is 2.15. The lowest BCUT2D eigenvalue weighted by Crippen LogP contribution is -2.29. The van der Waals surface area contributed by atoms with Crippen molar-refractivity contribution < 1.29 is 14.1 Å². The Hall–Kier alpha value is -3.95. The van der Waals surface area contributed by atoms with Crippen LogP contribution >= 0.6 is 0 Å². The summed E-state index contributed by atoms with van der Waals surface area (Å²) in [6, 6.07) is 10.5. The number of carbonyl (C=O) groups excluding carboxylic acids is 1. The lowest BCUT2D eigenvalue weighted by Gasteiger charge is -2.11. The Morgan fingerprint density at radius 2 is 2.07 bits per heavy atom. The van der Waals surface area contributed by atoms with Crippen LogP contribution in [0, 0.1) is 6.92 Å². The second-order valence-corrected chi connectivity index (χ2v) is 6.12. The van der Waals surface area contributed by atoms with Crippen molar-refractivity contribution >= 4 is 17.4 Å². The molecule has 0 spiro atoms. The highest BCUT2D eigenvalue weighted by Crippen LogP contribution is 2.24. The zero-order valence-electron chi connectivity index (χ0n) is 15.9. The third kappa shape index (κ3) is 3.86. The Labute approximate surface area is 165 Å². The Morgan fingerprint density at radius 1 is 1.21 bits per heavy atom. The smallest absolute Gasteiger partial charge is 0.319 e. The van der Waals surface area contributed by atoms with E-state index in [1.165, 1.54) is 0 Å². The van der Waals surface area contributed by atoms with E-state index in [0.717, 1.165) is 0 Å². The predicted molar refractivity (Wildman–Crippen MR) is 104 cm³/mol. The van der Waals surface area contributed by atoms with Gasteiger partial charge in [-0.3, -0.25) is 4.40 Å². The van der Waals surface area contributed by atoms with Gasteiger partial charge in [0.25, 0.3) is 5.89 Å². The maximum absolute atomic E-state index is 12.3. The molecule has 4 rings (SSSR count). The van der Waals surface area contributed by atoms with Crippen molar-refractivity contribution in [2.45, 2.75) is 20.4 Å². The highest BCUT2D eigenvalue weighted by molar-refractivity contribution is 5.90. The number of nitrogens with one attached hydrogen (secondary N) is 2. The first-order chi connectivity index (χ1) is 14.2. The number of anilines is 1. The minimum Gasteiger partial charge on any atom is -0.492 e. The Morgan fingerprint density at radius 3 is 2.86 bits per heavy atom. The van der Waals surface area contributed by atoms with Gasteiger partial charge in [0, 0.05) is 6.20 Å². The van der Waals surface area contributed by atoms with E-state index in [9.17, 15) is 4.79 Å². The molecule has 0 fully saturated rings. The summed E-state index contributed by atoms with van der Waals surface area (Å²) in [5.74, 6) is 2.07. The molecule has 4 aromatic rings. The van der Waals surface area contributed by atoms with Crippen molar-refractivity contribution in [2.24, 2.45) is 0 Å². The number of benzene rings is 1. The first-order valence-electron chi connectivity index (χ1n) is 9.05. The van der Waals surface area contributed by atoms with E-state index in [1.807, 2.05) is 31.2 Å². The molecule has 10 heteroatoms. The second-order valence-electron chi connectivity index (χ2n) is 6.12. The molecule has 2 amide bonds. The van der Waals surface area contributed by atoms with Crippen LogP contribution in [0.2, 0.25) is 0 Å². The number of urea groups is 1. The van der Waals surface area contributed by atoms with Gasteiger partial charge in [0.15, 0.2) is 17.3 Å². The average Bonchev–Trinajstić information content (AvgIpc) is 3.34. The van der Waals surface area contributed by atoms with Crippen LogP contribution in [0.1, 0.15) is 18.6 Å². The molecule has 0 aliphatic carbocycles. The molecule has 0 aliphatic heterocycles. The normalized spacial score (nSPS) is 10.8. The van der Waals surface area contributed by atoms with Crippen LogP contribution in [0.15, 0.2) is 47.1 Å². The number of rotatable bonds is 6. The van der Waals surface area contributed by atoms with Gasteiger partial charge in [0.1, 0.15) is 5.75 Å². The van der Waals surface area contributed by atoms with Crippen molar-refractivity contribution in [3.8, 4) is 17.2 Å². The quantitative estimate of drug-likeness (QED) is 0.517. The minimum atomic E-state index is -0.377. The largest absolute Gasteiger partial charge is 0.492 e. The monoisotopic (exact) mass is 393 g/mol. The number of hydrogen-bond acceptors (Lipinski definition) is 7. The molecule has 0 aliphatic rings. The fraction of sp³-hybridized carbons (Fsp3) is 0.211. The first-order valence-corrected chi connectivity index (χ1v) is 9.05. The molecular weight excluding hydrogens is 374 g/mol. The van der Waals surface area contributed by atoms with Gasteiger partial charge in [-0.25, -0.2) is 4.79 Å². The SMILES string of the molecule is CCOc1ccccc1NC(=O)NCc1nnc2c(-c3nc(C)no3)cccn12. The summed E-state index contributed by atoms with van der Waals surface area (Å²) < 4.78 is 12.5. The fourth-order valence-corrected chi connectivity index (χ4v) is 2.83. The van der Waals surface area contributed by atoms with Gasteiger partial charge in [-0.2, -0.15) is 4.98 Å². The van der Waals surface area contributed by atoms with Crippen molar-refractivity contribution in [3.63, 3.8) is 0 Å². The Kier molecular flexibility index (Phi) is 5.06. The van der Waals surface area contributed by atoms with Gasteiger partial charge in [-0.05, 0) is 38.1 Å². The first kappa shape index (κ1) is 18.4. The number of ether oxygens (including phenoxy) is 1. The number of nitrogens with zero attached hydrogens (tertiary/aromatic N) is 5. The number of fused-ring (bicyclic) bond motifs is 1. The van der Waals surface area contributed by atoms with Crippen LogP contribution in [-0.4, -0.2) is 37.4 Å². The van der Waals surface area contributed by atoms with Crippen LogP contribution < -0.4 is 15.4 Å². The molecule has 0 atom stereocenters. The number of carbonyl (C=O) groups is 1. The lowest BCUT2D eigenvalue weighted by atomic mass is 10.2. The molecule has 3 aromatic heterocycles. The number of pyridine rings is 1. The van der Waals surface area contributed by atoms with Gasteiger partial charge in [-0.1, -0.05) is 17.3 Å². The van der Waals surface area contributed by atoms with E-state index in [4.69, 9.17) is 9.26 Å². The number of aromatic nitrogens is 5. The fourth-order valence-electron chi connectivity index (χ4n) is 2.83. The van der Waals surface area contributed by atoms with Crippen LogP contribution in [-0.2, 0) is 6.54 Å². The summed E-state index contributed by atoms with van der Waals surface area (Å²) in [6.45, 7) is 4.32. The molecular formula is C19H19N7O3. The Bertz CT molecular complexity index is 1150. The van der Waals surface area contributed by atoms with E-state index in [0.29, 0.717) is 46.8 Å². The molecule has 1 aromatic carbocycles. The van der Waals surface area contributed by atoms with E-state index in [1.54, 1.807) is 29.7 Å². The number of para-hydroxylation sites is 2. The highest BCUT2D eigenvalue weighted by atomic mass is 16.5. The van der Waals surface area contributed by atoms with E-state index in [2.05, 4.69) is 31.0 Å². The zero-order chi connectivity index (χ0) is 20.2.